The fourth-order valence-electron chi connectivity index (χ4n) is 1.37. The van der Waals surface area contributed by atoms with Gasteiger partial charge in [0.2, 0.25) is 5.91 Å². The zero-order valence-corrected chi connectivity index (χ0v) is 10.7. The number of nitrogens with two attached hydrogens (primary N) is 1. The Morgan fingerprint density at radius 3 is 2.78 bits per heavy atom. The first kappa shape index (κ1) is 14.6. The number of carbonyl (C=O) groups is 2. The van der Waals surface area contributed by atoms with Crippen LogP contribution in [0.3, 0.4) is 0 Å². The number of aliphatic carboxylic acids is 1. The van der Waals surface area contributed by atoms with Crippen LogP contribution in [0.2, 0.25) is 0 Å². The van der Waals surface area contributed by atoms with Crippen molar-refractivity contribution < 1.29 is 19.8 Å². The molecule has 7 heteroatoms. The molecule has 1 rings (SSSR count). The van der Waals surface area contributed by atoms with Crippen LogP contribution in [-0.4, -0.2) is 34.2 Å². The van der Waals surface area contributed by atoms with Crippen LogP contribution in [0.25, 0.3) is 0 Å². The molecule has 2 atom stereocenters. The number of rotatable bonds is 6. The Morgan fingerprint density at radius 1 is 1.61 bits per heavy atom. The Labute approximate surface area is 108 Å². The van der Waals surface area contributed by atoms with E-state index >= 15 is 0 Å². The first-order valence-electron chi connectivity index (χ1n) is 5.33. The van der Waals surface area contributed by atoms with Crippen molar-refractivity contribution in [3.63, 3.8) is 0 Å². The van der Waals surface area contributed by atoms with Crippen LogP contribution in [-0.2, 0) is 9.59 Å². The summed E-state index contributed by atoms with van der Waals surface area (Å²) >= 11 is 1.36. The lowest BCUT2D eigenvalue weighted by molar-refractivity contribution is -0.142. The van der Waals surface area contributed by atoms with Gasteiger partial charge in [-0.2, -0.15) is 0 Å². The van der Waals surface area contributed by atoms with Gasteiger partial charge in [0.05, 0.1) is 12.0 Å². The molecule has 0 aromatic carbocycles. The molecule has 0 aliphatic rings. The average Bonchev–Trinajstić information content (AvgIpc) is 2.76. The van der Waals surface area contributed by atoms with Crippen LogP contribution < -0.4 is 11.1 Å². The Bertz CT molecular complexity index is 417. The predicted octanol–water partition coefficient (Wildman–Crippen LogP) is 0.0898. The molecule has 0 aliphatic carbocycles. The van der Waals surface area contributed by atoms with E-state index in [9.17, 15) is 14.7 Å². The van der Waals surface area contributed by atoms with Crippen LogP contribution >= 0.6 is 11.3 Å². The zero-order valence-electron chi connectivity index (χ0n) is 9.92. The van der Waals surface area contributed by atoms with Crippen LogP contribution in [0.15, 0.2) is 17.5 Å². The van der Waals surface area contributed by atoms with Gasteiger partial charge in [-0.1, -0.05) is 6.07 Å². The molecule has 5 N–H and O–H groups in total. The molecule has 1 amide bonds. The smallest absolute Gasteiger partial charge is 0.306 e. The van der Waals surface area contributed by atoms with E-state index in [1.54, 1.807) is 12.1 Å². The summed E-state index contributed by atoms with van der Waals surface area (Å²) in [6, 6.07) is 2.73. The average molecular weight is 272 g/mol. The van der Waals surface area contributed by atoms with E-state index in [1.807, 2.05) is 5.38 Å². The van der Waals surface area contributed by atoms with E-state index in [0.29, 0.717) is 4.88 Å². The molecule has 1 aromatic heterocycles. The second-order valence-corrected chi connectivity index (χ2v) is 5.26. The minimum absolute atomic E-state index is 0.156. The highest BCUT2D eigenvalue weighted by molar-refractivity contribution is 7.10. The Morgan fingerprint density at radius 2 is 2.28 bits per heavy atom. The van der Waals surface area contributed by atoms with Gasteiger partial charge < -0.3 is 21.3 Å². The van der Waals surface area contributed by atoms with Gasteiger partial charge in [-0.25, -0.2) is 0 Å². The molecule has 0 saturated carbocycles. The van der Waals surface area contributed by atoms with E-state index in [-0.39, 0.29) is 6.54 Å². The van der Waals surface area contributed by atoms with Crippen molar-refractivity contribution in [3.05, 3.63) is 22.4 Å². The third kappa shape index (κ3) is 4.44. The van der Waals surface area contributed by atoms with E-state index in [1.165, 1.54) is 18.3 Å². The van der Waals surface area contributed by atoms with Crippen molar-refractivity contribution in [1.82, 2.24) is 5.32 Å². The maximum Gasteiger partial charge on any atom is 0.306 e. The van der Waals surface area contributed by atoms with E-state index in [0.717, 1.165) is 0 Å². The standard InChI is InChI=1S/C11H16N2O4S/c1-11(17,5-8(14)15)6-13-10(16)9(12)7-3-2-4-18-7/h2-4,9,17H,5-6,12H2,1H3,(H,13,16)(H,14,15). The van der Waals surface area contributed by atoms with Crippen LogP contribution in [0.1, 0.15) is 24.3 Å². The number of aliphatic hydroxyl groups is 1. The molecule has 1 heterocycles. The summed E-state index contributed by atoms with van der Waals surface area (Å²) in [5.41, 5.74) is 4.22. The first-order valence-corrected chi connectivity index (χ1v) is 6.21. The van der Waals surface area contributed by atoms with Gasteiger partial charge in [-0.15, -0.1) is 11.3 Å². The molecule has 0 spiro atoms. The molecule has 100 valence electrons. The molecular weight excluding hydrogens is 256 g/mol. The highest BCUT2D eigenvalue weighted by Gasteiger charge is 2.26. The maximum atomic E-state index is 11.7. The van der Waals surface area contributed by atoms with Crippen LogP contribution in [0.5, 0.6) is 0 Å². The fraction of sp³-hybridized carbons (Fsp3) is 0.455. The van der Waals surface area contributed by atoms with Gasteiger partial charge >= 0.3 is 5.97 Å². The number of hydrogen-bond donors (Lipinski definition) is 4. The highest BCUT2D eigenvalue weighted by Crippen LogP contribution is 2.17. The minimum atomic E-state index is -1.49. The number of carboxylic acids is 1. The van der Waals surface area contributed by atoms with Gasteiger partial charge in [0.15, 0.2) is 0 Å². The third-order valence-electron chi connectivity index (χ3n) is 2.31. The molecule has 1 aromatic rings. The lowest BCUT2D eigenvalue weighted by Gasteiger charge is -2.22. The monoisotopic (exact) mass is 272 g/mol. The number of nitrogens with one attached hydrogen (secondary N) is 1. The summed E-state index contributed by atoms with van der Waals surface area (Å²) in [4.78, 5) is 22.9. The summed E-state index contributed by atoms with van der Waals surface area (Å²) in [6.45, 7) is 1.19. The lowest BCUT2D eigenvalue weighted by Crippen LogP contribution is -2.44. The van der Waals surface area contributed by atoms with Crippen LogP contribution in [0.4, 0.5) is 0 Å². The van der Waals surface area contributed by atoms with Crippen molar-refractivity contribution in [3.8, 4) is 0 Å². The van der Waals surface area contributed by atoms with E-state index in [4.69, 9.17) is 10.8 Å². The third-order valence-corrected chi connectivity index (χ3v) is 3.26. The number of hydrogen-bond acceptors (Lipinski definition) is 5. The maximum absolute atomic E-state index is 11.7. The van der Waals surface area contributed by atoms with Crippen molar-refractivity contribution >= 4 is 23.2 Å². The zero-order chi connectivity index (χ0) is 13.8. The second-order valence-electron chi connectivity index (χ2n) is 4.28. The molecule has 0 fully saturated rings. The topological polar surface area (TPSA) is 113 Å². The predicted molar refractivity (Wildman–Crippen MR) is 67.1 cm³/mol. The van der Waals surface area contributed by atoms with Gasteiger partial charge in [0.1, 0.15) is 6.04 Å². The fourth-order valence-corrected chi connectivity index (χ4v) is 2.10. The van der Waals surface area contributed by atoms with Crippen molar-refractivity contribution in [2.75, 3.05) is 6.54 Å². The molecule has 2 unspecified atom stereocenters. The Kier molecular flexibility index (Phi) is 4.83. The Balaban J connectivity index is 2.48. The summed E-state index contributed by atoms with van der Waals surface area (Å²) in [6.07, 6.45) is -0.443. The number of carbonyl (C=O) groups excluding carboxylic acids is 1. The van der Waals surface area contributed by atoms with E-state index in [2.05, 4.69) is 5.32 Å². The summed E-state index contributed by atoms with van der Waals surface area (Å²) < 4.78 is 0. The number of thiophene rings is 1. The highest BCUT2D eigenvalue weighted by atomic mass is 32.1. The second kappa shape index (κ2) is 5.94. The quantitative estimate of drug-likeness (QED) is 0.586. The van der Waals surface area contributed by atoms with Gasteiger partial charge in [0, 0.05) is 11.4 Å². The van der Waals surface area contributed by atoms with Crippen molar-refractivity contribution in [2.45, 2.75) is 25.0 Å². The molecule has 0 saturated heterocycles. The SMILES string of the molecule is CC(O)(CNC(=O)C(N)c1cccs1)CC(=O)O. The van der Waals surface area contributed by atoms with Gasteiger partial charge in [0.25, 0.3) is 0 Å². The molecule has 18 heavy (non-hydrogen) atoms. The molecule has 0 aliphatic heterocycles. The number of carboxylic acid groups (broad SMARTS) is 1. The van der Waals surface area contributed by atoms with E-state index < -0.39 is 29.9 Å². The summed E-state index contributed by atoms with van der Waals surface area (Å²) in [5.74, 6) is -1.57. The van der Waals surface area contributed by atoms with Gasteiger partial charge in [-0.05, 0) is 18.4 Å². The molecule has 0 radical (unpaired) electrons. The molecular formula is C11H16N2O4S. The summed E-state index contributed by atoms with van der Waals surface area (Å²) in [5, 5.41) is 22.5. The number of amides is 1. The lowest BCUT2D eigenvalue weighted by atomic mass is 10.0. The summed E-state index contributed by atoms with van der Waals surface area (Å²) in [7, 11) is 0. The Hall–Kier alpha value is -1.44. The minimum Gasteiger partial charge on any atom is -0.481 e. The normalized spacial score (nSPS) is 15.7. The molecule has 6 nitrogen and oxygen atoms in total. The van der Waals surface area contributed by atoms with Gasteiger partial charge in [-0.3, -0.25) is 9.59 Å². The van der Waals surface area contributed by atoms with Crippen molar-refractivity contribution in [1.29, 1.82) is 0 Å². The largest absolute Gasteiger partial charge is 0.481 e. The first-order chi connectivity index (χ1) is 8.32. The van der Waals surface area contributed by atoms with Crippen molar-refractivity contribution in [2.24, 2.45) is 5.73 Å². The van der Waals surface area contributed by atoms with Crippen LogP contribution in [0, 0.1) is 0 Å². The molecule has 0 bridgehead atoms.